The fourth-order valence-electron chi connectivity index (χ4n) is 2.29. The van der Waals surface area contributed by atoms with Crippen LogP contribution in [0.3, 0.4) is 0 Å². The Balaban J connectivity index is 1.90. The lowest BCUT2D eigenvalue weighted by Gasteiger charge is -2.17. The zero-order valence-electron chi connectivity index (χ0n) is 12.5. The van der Waals surface area contributed by atoms with Crippen LogP contribution in [0.1, 0.15) is 12.0 Å². The highest BCUT2D eigenvalue weighted by Gasteiger charge is 2.33. The van der Waals surface area contributed by atoms with Crippen LogP contribution in [-0.2, 0) is 14.4 Å². The maximum atomic E-state index is 12.3. The maximum Gasteiger partial charge on any atom is 0.249 e. The molecule has 1 atom stereocenters. The first kappa shape index (κ1) is 16.0. The van der Waals surface area contributed by atoms with E-state index in [2.05, 4.69) is 10.6 Å². The molecule has 22 heavy (non-hydrogen) atoms. The van der Waals surface area contributed by atoms with Crippen molar-refractivity contribution in [3.8, 4) is 0 Å². The van der Waals surface area contributed by atoms with E-state index in [9.17, 15) is 14.4 Å². The number of nitrogens with one attached hydrogen (secondary N) is 2. The van der Waals surface area contributed by atoms with Crippen molar-refractivity contribution < 1.29 is 14.4 Å². The van der Waals surface area contributed by atoms with Crippen LogP contribution in [0, 0.1) is 6.92 Å². The second kappa shape index (κ2) is 7.04. The highest BCUT2D eigenvalue weighted by Crippen LogP contribution is 2.21. The molecule has 0 aromatic heterocycles. The van der Waals surface area contributed by atoms with Gasteiger partial charge in [0.05, 0.1) is 13.1 Å². The summed E-state index contributed by atoms with van der Waals surface area (Å²) in [6.07, 6.45) is 0.545. The van der Waals surface area contributed by atoms with Crippen molar-refractivity contribution in [2.75, 3.05) is 24.5 Å². The van der Waals surface area contributed by atoms with Crippen molar-refractivity contribution in [1.82, 2.24) is 10.6 Å². The minimum absolute atomic E-state index is 0.137. The number of anilines is 1. The number of nitrogens with zero attached hydrogens (tertiary/aromatic N) is 1. The average molecular weight is 304 g/mol. The van der Waals surface area contributed by atoms with Crippen molar-refractivity contribution >= 4 is 23.4 Å². The number of carbonyl (C=O) groups is 3. The summed E-state index contributed by atoms with van der Waals surface area (Å²) in [5.74, 6) is -0.942. The summed E-state index contributed by atoms with van der Waals surface area (Å²) in [6.45, 7) is 2.19. The molecule has 7 heteroatoms. The van der Waals surface area contributed by atoms with E-state index in [1.54, 1.807) is 4.90 Å². The lowest BCUT2D eigenvalue weighted by atomic mass is 10.2. The zero-order valence-corrected chi connectivity index (χ0v) is 12.5. The van der Waals surface area contributed by atoms with Crippen molar-refractivity contribution in [2.24, 2.45) is 5.73 Å². The molecule has 0 bridgehead atoms. The smallest absolute Gasteiger partial charge is 0.249 e. The fourth-order valence-corrected chi connectivity index (χ4v) is 2.29. The van der Waals surface area contributed by atoms with Gasteiger partial charge >= 0.3 is 0 Å². The largest absolute Gasteiger partial charge is 0.346 e. The van der Waals surface area contributed by atoms with E-state index in [1.165, 1.54) is 0 Å². The minimum atomic E-state index is -0.552. The topological polar surface area (TPSA) is 105 Å². The van der Waals surface area contributed by atoms with E-state index in [0.717, 1.165) is 11.3 Å². The summed E-state index contributed by atoms with van der Waals surface area (Å²) in [4.78, 5) is 36.7. The number of rotatable bonds is 5. The molecule has 0 spiro atoms. The number of aryl methyl sites for hydroxylation is 1. The van der Waals surface area contributed by atoms with E-state index in [1.807, 2.05) is 31.2 Å². The van der Waals surface area contributed by atoms with Crippen LogP contribution in [-0.4, -0.2) is 43.4 Å². The van der Waals surface area contributed by atoms with Gasteiger partial charge in [-0.25, -0.2) is 0 Å². The average Bonchev–Trinajstić information content (AvgIpc) is 2.87. The highest BCUT2D eigenvalue weighted by atomic mass is 16.2. The summed E-state index contributed by atoms with van der Waals surface area (Å²) in [5.41, 5.74) is 7.08. The monoisotopic (exact) mass is 304 g/mol. The number of hydrogen-bond acceptors (Lipinski definition) is 4. The zero-order chi connectivity index (χ0) is 16.1. The molecule has 1 aromatic carbocycles. The van der Waals surface area contributed by atoms with Gasteiger partial charge in [0.2, 0.25) is 17.7 Å². The van der Waals surface area contributed by atoms with Gasteiger partial charge in [-0.2, -0.15) is 0 Å². The number of nitrogens with two attached hydrogens (primary N) is 1. The van der Waals surface area contributed by atoms with Crippen LogP contribution in [0.25, 0.3) is 0 Å². The van der Waals surface area contributed by atoms with Gasteiger partial charge < -0.3 is 21.3 Å². The van der Waals surface area contributed by atoms with Crippen molar-refractivity contribution in [2.45, 2.75) is 19.4 Å². The predicted molar refractivity (Wildman–Crippen MR) is 82.1 cm³/mol. The molecule has 1 fully saturated rings. The summed E-state index contributed by atoms with van der Waals surface area (Å²) in [5, 5.41) is 5.00. The van der Waals surface area contributed by atoms with Crippen LogP contribution >= 0.6 is 0 Å². The minimum Gasteiger partial charge on any atom is -0.346 e. The number of hydrogen-bond donors (Lipinski definition) is 3. The van der Waals surface area contributed by atoms with E-state index < -0.39 is 17.9 Å². The Morgan fingerprint density at radius 2 is 1.95 bits per heavy atom. The second-order valence-electron chi connectivity index (χ2n) is 5.22. The van der Waals surface area contributed by atoms with Gasteiger partial charge in [0.15, 0.2) is 0 Å². The van der Waals surface area contributed by atoms with Crippen LogP contribution in [0.15, 0.2) is 24.3 Å². The summed E-state index contributed by atoms with van der Waals surface area (Å²) >= 11 is 0. The third-order valence-corrected chi connectivity index (χ3v) is 3.52. The first-order valence-electron chi connectivity index (χ1n) is 7.15. The Hall–Kier alpha value is -2.41. The molecule has 1 aromatic rings. The fraction of sp³-hybridized carbons (Fsp3) is 0.400. The molecule has 1 aliphatic heterocycles. The van der Waals surface area contributed by atoms with Crippen LogP contribution in [0.4, 0.5) is 5.69 Å². The molecule has 0 radical (unpaired) electrons. The molecule has 1 unspecified atom stereocenters. The molecule has 0 aliphatic carbocycles. The van der Waals surface area contributed by atoms with Crippen molar-refractivity contribution in [3.05, 3.63) is 29.8 Å². The lowest BCUT2D eigenvalue weighted by Crippen LogP contribution is -2.46. The van der Waals surface area contributed by atoms with Gasteiger partial charge in [-0.1, -0.05) is 17.7 Å². The van der Waals surface area contributed by atoms with E-state index in [-0.39, 0.29) is 19.0 Å². The Labute approximate surface area is 128 Å². The molecule has 118 valence electrons. The van der Waals surface area contributed by atoms with Crippen molar-refractivity contribution in [3.63, 3.8) is 0 Å². The molecule has 1 aliphatic rings. The normalized spacial score (nSPS) is 17.5. The Kier molecular flexibility index (Phi) is 5.11. The van der Waals surface area contributed by atoms with Gasteiger partial charge in [0.25, 0.3) is 0 Å². The second-order valence-corrected chi connectivity index (χ2v) is 5.22. The van der Waals surface area contributed by atoms with Gasteiger partial charge in [0.1, 0.15) is 6.04 Å². The number of carbonyl (C=O) groups excluding carboxylic acids is 3. The lowest BCUT2D eigenvalue weighted by molar-refractivity contribution is -0.127. The molecule has 2 rings (SSSR count). The first-order valence-corrected chi connectivity index (χ1v) is 7.15. The molecule has 4 N–H and O–H groups in total. The molecular formula is C15H20N4O3. The predicted octanol–water partition coefficient (Wildman–Crippen LogP) is -0.709. The summed E-state index contributed by atoms with van der Waals surface area (Å²) < 4.78 is 0. The molecule has 3 amide bonds. The standard InChI is InChI=1S/C15H20N4O3/c1-10-2-4-11(5-3-10)19-7-6-12(15(19)22)18-14(21)9-17-13(20)8-16/h2-5,12H,6-9,16H2,1H3,(H,17,20)(H,18,21). The SMILES string of the molecule is Cc1ccc(N2CCC(NC(=O)CNC(=O)CN)C2=O)cc1. The summed E-state index contributed by atoms with van der Waals surface area (Å²) in [6, 6.07) is 7.11. The van der Waals surface area contributed by atoms with E-state index >= 15 is 0 Å². The van der Waals surface area contributed by atoms with Crippen LogP contribution in [0.5, 0.6) is 0 Å². The third kappa shape index (κ3) is 3.82. The van der Waals surface area contributed by atoms with E-state index in [4.69, 9.17) is 5.73 Å². The van der Waals surface area contributed by atoms with Gasteiger partial charge in [-0.05, 0) is 25.5 Å². The first-order chi connectivity index (χ1) is 10.5. The van der Waals surface area contributed by atoms with Gasteiger partial charge in [-0.3, -0.25) is 14.4 Å². The van der Waals surface area contributed by atoms with Crippen LogP contribution < -0.4 is 21.3 Å². The van der Waals surface area contributed by atoms with Gasteiger partial charge in [0, 0.05) is 12.2 Å². The molecule has 7 nitrogen and oxygen atoms in total. The van der Waals surface area contributed by atoms with Crippen molar-refractivity contribution in [1.29, 1.82) is 0 Å². The molecule has 1 saturated heterocycles. The van der Waals surface area contributed by atoms with E-state index in [0.29, 0.717) is 13.0 Å². The van der Waals surface area contributed by atoms with Crippen LogP contribution in [0.2, 0.25) is 0 Å². The van der Waals surface area contributed by atoms with Gasteiger partial charge in [-0.15, -0.1) is 0 Å². The molecular weight excluding hydrogens is 284 g/mol. The Morgan fingerprint density at radius 1 is 1.27 bits per heavy atom. The Bertz CT molecular complexity index is 571. The quantitative estimate of drug-likeness (QED) is 0.668. The highest BCUT2D eigenvalue weighted by molar-refractivity contribution is 6.01. The summed E-state index contributed by atoms with van der Waals surface area (Å²) in [7, 11) is 0. The number of benzene rings is 1. The maximum absolute atomic E-state index is 12.3. The molecule has 1 heterocycles. The third-order valence-electron chi connectivity index (χ3n) is 3.52. The Morgan fingerprint density at radius 3 is 2.59 bits per heavy atom. The number of amides is 3. The molecule has 0 saturated carbocycles.